The lowest BCUT2D eigenvalue weighted by Crippen LogP contribution is -2.44. The average Bonchev–Trinajstić information content (AvgIpc) is 3.43. The van der Waals surface area contributed by atoms with Crippen LogP contribution in [0.15, 0.2) is 89.3 Å². The lowest BCUT2D eigenvalue weighted by Gasteiger charge is -2.27. The summed E-state index contributed by atoms with van der Waals surface area (Å²) in [7, 11) is 1.63. The second-order valence-electron chi connectivity index (χ2n) is 8.63. The number of benzene rings is 3. The molecule has 1 N–H and O–H groups in total. The fourth-order valence-corrected chi connectivity index (χ4v) is 3.56. The number of aromatic nitrogens is 2. The molecule has 7 nitrogen and oxygen atoms in total. The first-order valence-corrected chi connectivity index (χ1v) is 11.6. The van der Waals surface area contributed by atoms with E-state index in [9.17, 15) is 4.79 Å². The van der Waals surface area contributed by atoms with Crippen molar-refractivity contribution in [3.05, 3.63) is 113 Å². The van der Waals surface area contributed by atoms with Crippen LogP contribution in [-0.2, 0) is 16.8 Å². The van der Waals surface area contributed by atoms with E-state index in [1.165, 1.54) is 0 Å². The monoisotopic (exact) mass is 483 g/mol. The van der Waals surface area contributed by atoms with E-state index in [2.05, 4.69) is 15.5 Å². The molecule has 0 aliphatic heterocycles. The second kappa shape index (κ2) is 11.5. The number of nitrogens with one attached hydrogen (secondary N) is 1. The second-order valence-corrected chi connectivity index (χ2v) is 8.63. The maximum Gasteiger partial charge on any atom is 0.338 e. The summed E-state index contributed by atoms with van der Waals surface area (Å²) in [5.74, 6) is 1.09. The molecule has 4 aromatic rings. The number of hydrogen-bond acceptors (Lipinski definition) is 7. The number of carbonyl (C=O) groups is 1. The number of carbonyl (C=O) groups excluding carboxylic acids is 1. The Hall–Kier alpha value is -4.23. The van der Waals surface area contributed by atoms with Gasteiger partial charge in [0.2, 0.25) is 11.8 Å². The zero-order chi connectivity index (χ0) is 25.4. The number of rotatable bonds is 10. The van der Waals surface area contributed by atoms with Crippen molar-refractivity contribution in [1.29, 1.82) is 0 Å². The highest BCUT2D eigenvalue weighted by molar-refractivity contribution is 5.89. The molecule has 36 heavy (non-hydrogen) atoms. The molecule has 0 aliphatic carbocycles. The van der Waals surface area contributed by atoms with Crippen molar-refractivity contribution in [2.75, 3.05) is 13.7 Å². The summed E-state index contributed by atoms with van der Waals surface area (Å²) >= 11 is 0. The van der Waals surface area contributed by atoms with Gasteiger partial charge in [0.1, 0.15) is 17.9 Å². The Morgan fingerprint density at radius 2 is 1.64 bits per heavy atom. The van der Waals surface area contributed by atoms with Crippen LogP contribution in [0.3, 0.4) is 0 Å². The minimum atomic E-state index is -0.928. The summed E-state index contributed by atoms with van der Waals surface area (Å²) in [6, 6.07) is 26.5. The Labute approximate surface area is 210 Å². The number of methoxy groups -OCH3 is 1. The first kappa shape index (κ1) is 24.9. The Kier molecular flexibility index (Phi) is 7.92. The van der Waals surface area contributed by atoms with Crippen molar-refractivity contribution in [2.24, 2.45) is 0 Å². The standard InChI is InChI=1S/C29H29N3O4/c1-21(18-22-10-6-4-7-11-22)26-31-32-28(36-26)29(2,20-35-27(33)24-12-8-5-9-13-24)30-19-23-14-16-25(34-3)17-15-23/h4-18,30H,19-20H2,1-3H3/b21-18+. The summed E-state index contributed by atoms with van der Waals surface area (Å²) in [6.45, 7) is 4.28. The molecule has 1 heterocycles. The molecule has 0 saturated carbocycles. The van der Waals surface area contributed by atoms with Crippen LogP contribution < -0.4 is 10.1 Å². The predicted molar refractivity (Wildman–Crippen MR) is 138 cm³/mol. The van der Waals surface area contributed by atoms with Crippen LogP contribution in [0.2, 0.25) is 0 Å². The van der Waals surface area contributed by atoms with Gasteiger partial charge in [0.15, 0.2) is 0 Å². The van der Waals surface area contributed by atoms with Crippen LogP contribution in [0.5, 0.6) is 5.75 Å². The van der Waals surface area contributed by atoms with Crippen LogP contribution in [0.25, 0.3) is 11.6 Å². The smallest absolute Gasteiger partial charge is 0.338 e. The third-order valence-corrected chi connectivity index (χ3v) is 5.76. The zero-order valence-corrected chi connectivity index (χ0v) is 20.6. The number of allylic oxidation sites excluding steroid dienone is 1. The van der Waals surface area contributed by atoms with Gasteiger partial charge in [-0.2, -0.15) is 0 Å². The van der Waals surface area contributed by atoms with Crippen LogP contribution in [0.1, 0.15) is 47.1 Å². The summed E-state index contributed by atoms with van der Waals surface area (Å²) < 4.78 is 17.0. The summed E-state index contributed by atoms with van der Waals surface area (Å²) in [5, 5.41) is 12.0. The molecule has 184 valence electrons. The fourth-order valence-electron chi connectivity index (χ4n) is 3.56. The highest BCUT2D eigenvalue weighted by Gasteiger charge is 2.34. The SMILES string of the molecule is COc1ccc(CNC(C)(COC(=O)c2ccccc2)c2nnc(/C(C)=C/c3ccccc3)o2)cc1. The molecule has 0 aliphatic rings. The summed E-state index contributed by atoms with van der Waals surface area (Å²) in [6.07, 6.45) is 1.98. The molecular weight excluding hydrogens is 454 g/mol. The largest absolute Gasteiger partial charge is 0.497 e. The molecule has 0 bridgehead atoms. The molecule has 0 fully saturated rings. The minimum absolute atomic E-state index is 0.0000369. The van der Waals surface area contributed by atoms with Gasteiger partial charge in [-0.3, -0.25) is 5.32 Å². The molecule has 1 atom stereocenters. The van der Waals surface area contributed by atoms with Gasteiger partial charge in [0, 0.05) is 12.1 Å². The van der Waals surface area contributed by atoms with Gasteiger partial charge in [-0.1, -0.05) is 60.7 Å². The average molecular weight is 484 g/mol. The maximum atomic E-state index is 12.6. The van der Waals surface area contributed by atoms with E-state index in [0.717, 1.165) is 22.4 Å². The molecule has 1 unspecified atom stereocenters. The van der Waals surface area contributed by atoms with Gasteiger partial charge >= 0.3 is 5.97 Å². The summed E-state index contributed by atoms with van der Waals surface area (Å²) in [5.41, 5.74) is 2.44. The summed E-state index contributed by atoms with van der Waals surface area (Å²) in [4.78, 5) is 12.6. The minimum Gasteiger partial charge on any atom is -0.497 e. The van der Waals surface area contributed by atoms with E-state index in [0.29, 0.717) is 23.9 Å². The number of hydrogen-bond donors (Lipinski definition) is 1. The molecule has 0 amide bonds. The highest BCUT2D eigenvalue weighted by Crippen LogP contribution is 2.25. The fraction of sp³-hybridized carbons (Fsp3) is 0.207. The van der Waals surface area contributed by atoms with E-state index in [1.807, 2.05) is 80.6 Å². The highest BCUT2D eigenvalue weighted by atomic mass is 16.5. The third-order valence-electron chi connectivity index (χ3n) is 5.76. The van der Waals surface area contributed by atoms with Gasteiger partial charge < -0.3 is 13.9 Å². The van der Waals surface area contributed by atoms with Gasteiger partial charge in [0.25, 0.3) is 0 Å². The van der Waals surface area contributed by atoms with Crippen molar-refractivity contribution < 1.29 is 18.7 Å². The first-order valence-electron chi connectivity index (χ1n) is 11.6. The van der Waals surface area contributed by atoms with Crippen molar-refractivity contribution in [3.8, 4) is 5.75 Å². The molecule has 1 aromatic heterocycles. The van der Waals surface area contributed by atoms with E-state index >= 15 is 0 Å². The van der Waals surface area contributed by atoms with Crippen molar-refractivity contribution in [3.63, 3.8) is 0 Å². The maximum absolute atomic E-state index is 12.6. The van der Waals surface area contributed by atoms with Crippen LogP contribution in [-0.4, -0.2) is 29.9 Å². The third kappa shape index (κ3) is 6.25. The topological polar surface area (TPSA) is 86.5 Å². The molecule has 7 heteroatoms. The molecule has 0 saturated heterocycles. The Bertz CT molecular complexity index is 1300. The lowest BCUT2D eigenvalue weighted by atomic mass is 10.0. The number of esters is 1. The Morgan fingerprint density at radius 3 is 2.31 bits per heavy atom. The van der Waals surface area contributed by atoms with Crippen molar-refractivity contribution >= 4 is 17.6 Å². The molecule has 4 rings (SSSR count). The Balaban J connectivity index is 1.55. The zero-order valence-electron chi connectivity index (χ0n) is 20.6. The van der Waals surface area contributed by atoms with Crippen LogP contribution in [0.4, 0.5) is 0 Å². The van der Waals surface area contributed by atoms with E-state index in [4.69, 9.17) is 13.9 Å². The van der Waals surface area contributed by atoms with Gasteiger partial charge in [-0.25, -0.2) is 4.79 Å². The molecular formula is C29H29N3O4. The molecule has 0 radical (unpaired) electrons. The van der Waals surface area contributed by atoms with E-state index < -0.39 is 11.5 Å². The number of nitrogens with zero attached hydrogens (tertiary/aromatic N) is 2. The quantitative estimate of drug-likeness (QED) is 0.298. The van der Waals surface area contributed by atoms with E-state index in [-0.39, 0.29) is 6.61 Å². The van der Waals surface area contributed by atoms with Crippen LogP contribution in [0, 0.1) is 0 Å². The van der Waals surface area contributed by atoms with E-state index in [1.54, 1.807) is 31.4 Å². The Morgan fingerprint density at radius 1 is 0.972 bits per heavy atom. The van der Waals surface area contributed by atoms with Crippen LogP contribution >= 0.6 is 0 Å². The first-order chi connectivity index (χ1) is 17.5. The van der Waals surface area contributed by atoms with Gasteiger partial charge in [0.05, 0.1) is 12.7 Å². The van der Waals surface area contributed by atoms with Crippen molar-refractivity contribution in [1.82, 2.24) is 15.5 Å². The normalized spacial score (nSPS) is 13.1. The predicted octanol–water partition coefficient (Wildman–Crippen LogP) is 5.50. The van der Waals surface area contributed by atoms with Crippen molar-refractivity contribution in [2.45, 2.75) is 25.9 Å². The number of ether oxygens (including phenoxy) is 2. The van der Waals surface area contributed by atoms with Gasteiger partial charge in [-0.15, -0.1) is 10.2 Å². The molecule has 3 aromatic carbocycles. The lowest BCUT2D eigenvalue weighted by molar-refractivity contribution is 0.0341. The van der Waals surface area contributed by atoms with Gasteiger partial charge in [-0.05, 0) is 55.3 Å². The molecule has 0 spiro atoms.